The third-order valence-corrected chi connectivity index (χ3v) is 6.73. The Bertz CT molecular complexity index is 728. The van der Waals surface area contributed by atoms with Gasteiger partial charge in [-0.2, -0.15) is 13.2 Å². The summed E-state index contributed by atoms with van der Waals surface area (Å²) >= 11 is 0. The number of amides is 1. The van der Waals surface area contributed by atoms with Gasteiger partial charge < -0.3 is 14.9 Å². The monoisotopic (exact) mass is 412 g/mol. The van der Waals surface area contributed by atoms with E-state index in [4.69, 9.17) is 0 Å². The number of likely N-dealkylation sites (tertiary alicyclic amines) is 1. The fourth-order valence-corrected chi connectivity index (χ4v) is 4.73. The van der Waals surface area contributed by atoms with Crippen LogP contribution in [-0.2, 0) is 11.0 Å². The van der Waals surface area contributed by atoms with Crippen LogP contribution in [-0.4, -0.2) is 49.7 Å². The van der Waals surface area contributed by atoms with Crippen LogP contribution in [0.15, 0.2) is 18.2 Å². The Balaban J connectivity index is 1.66. The minimum absolute atomic E-state index is 0.0243. The Morgan fingerprint density at radius 1 is 1.24 bits per heavy atom. The van der Waals surface area contributed by atoms with E-state index < -0.39 is 11.7 Å². The van der Waals surface area contributed by atoms with E-state index in [1.54, 1.807) is 19.0 Å². The van der Waals surface area contributed by atoms with Crippen molar-refractivity contribution in [3.05, 3.63) is 29.3 Å². The van der Waals surface area contributed by atoms with Gasteiger partial charge in [0.25, 0.3) is 0 Å². The predicted octanol–water partition coefficient (Wildman–Crippen LogP) is 4.28. The van der Waals surface area contributed by atoms with Crippen molar-refractivity contribution in [2.24, 2.45) is 11.3 Å². The quantitative estimate of drug-likeness (QED) is 0.785. The third kappa shape index (κ3) is 4.55. The Labute approximate surface area is 170 Å². The van der Waals surface area contributed by atoms with Crippen molar-refractivity contribution < 1.29 is 23.1 Å². The Kier molecular flexibility index (Phi) is 6.18. The second kappa shape index (κ2) is 8.17. The number of benzene rings is 1. The van der Waals surface area contributed by atoms with Crippen LogP contribution in [0.3, 0.4) is 0 Å². The zero-order chi connectivity index (χ0) is 21.4. The highest BCUT2D eigenvalue weighted by Gasteiger charge is 2.47. The molecule has 3 rings (SSSR count). The highest BCUT2D eigenvalue weighted by atomic mass is 19.4. The fourth-order valence-electron chi connectivity index (χ4n) is 4.73. The number of alkyl halides is 3. The number of halogens is 3. The van der Waals surface area contributed by atoms with Gasteiger partial charge in [-0.05, 0) is 61.8 Å². The van der Waals surface area contributed by atoms with E-state index in [1.807, 2.05) is 17.9 Å². The molecule has 1 aromatic carbocycles. The van der Waals surface area contributed by atoms with Gasteiger partial charge in [-0.1, -0.05) is 6.92 Å². The van der Waals surface area contributed by atoms with Crippen LogP contribution in [0, 0.1) is 11.3 Å². The summed E-state index contributed by atoms with van der Waals surface area (Å²) in [5.41, 5.74) is 0.849. The van der Waals surface area contributed by atoms with Gasteiger partial charge in [0.05, 0.1) is 18.1 Å². The molecule has 162 valence electrons. The number of hydrogen-bond donors (Lipinski definition) is 1. The lowest BCUT2D eigenvalue weighted by atomic mass is 9.64. The first-order valence-electron chi connectivity index (χ1n) is 10.4. The molecular formula is C22H31F3N2O2. The summed E-state index contributed by atoms with van der Waals surface area (Å²) in [6, 6.07) is 4.38. The molecule has 1 atom stereocenters. The van der Waals surface area contributed by atoms with Gasteiger partial charge in [-0.25, -0.2) is 0 Å². The molecule has 2 aliphatic rings. The van der Waals surface area contributed by atoms with Crippen LogP contribution in [0.25, 0.3) is 0 Å². The van der Waals surface area contributed by atoms with Crippen molar-refractivity contribution in [3.63, 3.8) is 0 Å². The highest BCUT2D eigenvalue weighted by molar-refractivity contribution is 5.80. The maximum absolute atomic E-state index is 13.3. The average molecular weight is 412 g/mol. The molecule has 0 bridgehead atoms. The number of aliphatic hydroxyl groups is 1. The summed E-state index contributed by atoms with van der Waals surface area (Å²) in [6.07, 6.45) is -0.199. The second-order valence-electron chi connectivity index (χ2n) is 8.96. The molecule has 0 radical (unpaired) electrons. The van der Waals surface area contributed by atoms with Gasteiger partial charge in [0.1, 0.15) is 0 Å². The van der Waals surface area contributed by atoms with Crippen LogP contribution in [0.4, 0.5) is 18.9 Å². The van der Waals surface area contributed by atoms with Gasteiger partial charge >= 0.3 is 6.18 Å². The summed E-state index contributed by atoms with van der Waals surface area (Å²) in [5.74, 6) is -0.179. The maximum Gasteiger partial charge on any atom is 0.416 e. The molecule has 1 aromatic rings. The standard InChI is InChI=1S/C22H31F3N2O2/c1-4-15(12-28)20(29)27-13-21(14-27)7-5-16(6-8-21)17-9-18(22(23,24)25)11-19(10-17)26(2)3/h9-11,15-16,28H,4-8,12-14H2,1-3H3/t15-/m1/s1. The largest absolute Gasteiger partial charge is 0.416 e. The lowest BCUT2D eigenvalue weighted by Gasteiger charge is -2.54. The number of aliphatic hydroxyl groups excluding tert-OH is 1. The molecule has 0 unspecified atom stereocenters. The van der Waals surface area contributed by atoms with Crippen molar-refractivity contribution >= 4 is 11.6 Å². The first-order valence-corrected chi connectivity index (χ1v) is 10.4. The van der Waals surface area contributed by atoms with Crippen molar-refractivity contribution in [2.75, 3.05) is 38.7 Å². The molecule has 1 spiro atoms. The van der Waals surface area contributed by atoms with Crippen molar-refractivity contribution in [3.8, 4) is 0 Å². The molecule has 29 heavy (non-hydrogen) atoms. The zero-order valence-electron chi connectivity index (χ0n) is 17.4. The number of rotatable bonds is 5. The zero-order valence-corrected chi connectivity index (χ0v) is 17.4. The summed E-state index contributed by atoms with van der Waals surface area (Å²) < 4.78 is 40.0. The van der Waals surface area contributed by atoms with E-state index in [0.717, 1.165) is 31.2 Å². The molecule has 1 aliphatic carbocycles. The third-order valence-electron chi connectivity index (χ3n) is 6.73. The van der Waals surface area contributed by atoms with Crippen LogP contribution in [0.1, 0.15) is 56.1 Å². The number of hydrogen-bond acceptors (Lipinski definition) is 3. The first kappa shape index (κ1) is 21.9. The Hall–Kier alpha value is -1.76. The maximum atomic E-state index is 13.3. The Morgan fingerprint density at radius 2 is 1.86 bits per heavy atom. The van der Waals surface area contributed by atoms with Crippen LogP contribution in [0.2, 0.25) is 0 Å². The molecule has 2 fully saturated rings. The average Bonchev–Trinajstić information content (AvgIpc) is 2.66. The molecule has 4 nitrogen and oxygen atoms in total. The van der Waals surface area contributed by atoms with E-state index in [2.05, 4.69) is 0 Å². The van der Waals surface area contributed by atoms with Gasteiger partial charge in [0.15, 0.2) is 0 Å². The fraction of sp³-hybridized carbons (Fsp3) is 0.682. The minimum Gasteiger partial charge on any atom is -0.396 e. The molecule has 0 aromatic heterocycles. The van der Waals surface area contributed by atoms with Crippen LogP contribution in [0.5, 0.6) is 0 Å². The molecule has 1 saturated heterocycles. The van der Waals surface area contributed by atoms with Gasteiger partial charge in [0.2, 0.25) is 5.91 Å². The van der Waals surface area contributed by atoms with Gasteiger partial charge in [-0.3, -0.25) is 4.79 Å². The smallest absolute Gasteiger partial charge is 0.396 e. The molecule has 1 amide bonds. The summed E-state index contributed by atoms with van der Waals surface area (Å²) in [7, 11) is 3.51. The lowest BCUT2D eigenvalue weighted by Crippen LogP contribution is -2.60. The van der Waals surface area contributed by atoms with Crippen molar-refractivity contribution in [1.29, 1.82) is 0 Å². The summed E-state index contributed by atoms with van der Waals surface area (Å²) in [6.45, 7) is 3.20. The molecule has 1 saturated carbocycles. The minimum atomic E-state index is -4.35. The van der Waals surface area contributed by atoms with E-state index in [1.165, 1.54) is 12.1 Å². The Morgan fingerprint density at radius 3 is 2.34 bits per heavy atom. The van der Waals surface area contributed by atoms with Gasteiger partial charge in [0, 0.05) is 38.3 Å². The first-order chi connectivity index (χ1) is 13.6. The van der Waals surface area contributed by atoms with Crippen molar-refractivity contribution in [2.45, 2.75) is 51.1 Å². The van der Waals surface area contributed by atoms with E-state index in [9.17, 15) is 23.1 Å². The number of carbonyl (C=O) groups is 1. The highest BCUT2D eigenvalue weighted by Crippen LogP contribution is 2.49. The van der Waals surface area contributed by atoms with Gasteiger partial charge in [-0.15, -0.1) is 0 Å². The van der Waals surface area contributed by atoms with Crippen molar-refractivity contribution in [1.82, 2.24) is 4.90 Å². The lowest BCUT2D eigenvalue weighted by molar-refractivity contribution is -0.151. The molecule has 1 heterocycles. The normalized spacial score (nSPS) is 20.4. The van der Waals surface area contributed by atoms with Crippen LogP contribution < -0.4 is 4.90 Å². The van der Waals surface area contributed by atoms with Crippen LogP contribution >= 0.6 is 0 Å². The SMILES string of the molecule is CC[C@H](CO)C(=O)N1CC2(CCC(c3cc(N(C)C)cc(C(F)(F)F)c3)CC2)C1. The number of nitrogens with zero attached hydrogens (tertiary/aromatic N) is 2. The summed E-state index contributed by atoms with van der Waals surface area (Å²) in [5, 5.41) is 9.34. The number of anilines is 1. The summed E-state index contributed by atoms with van der Waals surface area (Å²) in [4.78, 5) is 15.9. The van der Waals surface area contributed by atoms with E-state index >= 15 is 0 Å². The molecule has 7 heteroatoms. The molecular weight excluding hydrogens is 381 g/mol. The van der Waals surface area contributed by atoms with E-state index in [-0.39, 0.29) is 29.8 Å². The number of carbonyl (C=O) groups excluding carboxylic acids is 1. The topological polar surface area (TPSA) is 43.8 Å². The molecule has 1 aliphatic heterocycles. The second-order valence-corrected chi connectivity index (χ2v) is 8.96. The molecule has 1 N–H and O–H groups in total. The van der Waals surface area contributed by atoms with E-state index in [0.29, 0.717) is 25.2 Å². The predicted molar refractivity (Wildman–Crippen MR) is 107 cm³/mol.